The molecule has 1 rings (SSSR count). The van der Waals surface area contributed by atoms with Crippen LogP contribution in [0.15, 0.2) is 24.3 Å². The fraction of sp³-hybridized carbons (Fsp3) is 0.222. The average Bonchev–Trinajstić information content (AvgIpc) is 2.20. The van der Waals surface area contributed by atoms with Crippen molar-refractivity contribution in [1.82, 2.24) is 0 Å². The zero-order valence-electron chi connectivity index (χ0n) is 7.49. The van der Waals surface area contributed by atoms with E-state index >= 15 is 0 Å². The molecule has 0 saturated heterocycles. The van der Waals surface area contributed by atoms with Crippen LogP contribution in [-0.4, -0.2) is 20.5 Å². The standard InChI is InChI=1S/C9H11IO3/c1-12-10(13-2)9-6-4-3-5-8(9)7-11/h3-7H,1-2H3. The van der Waals surface area contributed by atoms with Gasteiger partial charge in [-0.3, -0.25) is 0 Å². The Hall–Kier alpha value is -0.460. The molecule has 1 aromatic rings. The number of rotatable bonds is 4. The van der Waals surface area contributed by atoms with Crippen LogP contribution in [0.2, 0.25) is 0 Å². The van der Waals surface area contributed by atoms with Crippen LogP contribution in [-0.2, 0) is 6.13 Å². The number of hydrogen-bond donors (Lipinski definition) is 0. The van der Waals surface area contributed by atoms with Crippen molar-refractivity contribution in [2.45, 2.75) is 0 Å². The average molecular weight is 294 g/mol. The summed E-state index contributed by atoms with van der Waals surface area (Å²) in [5.74, 6) is 0. The molecular formula is C9H11IO3. The summed E-state index contributed by atoms with van der Waals surface area (Å²) in [5, 5.41) is 0. The van der Waals surface area contributed by atoms with Crippen molar-refractivity contribution >= 4 is 26.9 Å². The molecule has 0 heterocycles. The third-order valence-corrected chi connectivity index (χ3v) is 5.01. The molecule has 0 saturated carbocycles. The van der Waals surface area contributed by atoms with Crippen LogP contribution in [0, 0.1) is 3.57 Å². The van der Waals surface area contributed by atoms with Crippen molar-refractivity contribution in [1.29, 1.82) is 0 Å². The molecule has 0 fully saturated rings. The van der Waals surface area contributed by atoms with Gasteiger partial charge in [0.05, 0.1) is 0 Å². The summed E-state index contributed by atoms with van der Waals surface area (Å²) in [6.45, 7) is 0. The second-order valence-corrected chi connectivity index (χ2v) is 6.33. The number of carbonyl (C=O) groups is 1. The van der Waals surface area contributed by atoms with Gasteiger partial charge in [-0.25, -0.2) is 0 Å². The van der Waals surface area contributed by atoms with Gasteiger partial charge in [0.1, 0.15) is 0 Å². The minimum absolute atomic E-state index is 0.663. The molecule has 0 radical (unpaired) electrons. The van der Waals surface area contributed by atoms with Crippen molar-refractivity contribution < 1.29 is 10.9 Å². The third kappa shape index (κ3) is 2.49. The maximum atomic E-state index is 10.7. The van der Waals surface area contributed by atoms with Crippen molar-refractivity contribution in [2.24, 2.45) is 0 Å². The summed E-state index contributed by atoms with van der Waals surface area (Å²) in [7, 11) is 3.21. The van der Waals surface area contributed by atoms with Gasteiger partial charge in [0, 0.05) is 0 Å². The summed E-state index contributed by atoms with van der Waals surface area (Å²) in [5.41, 5.74) is 0.663. The van der Waals surface area contributed by atoms with E-state index in [0.717, 1.165) is 9.86 Å². The van der Waals surface area contributed by atoms with E-state index in [1.807, 2.05) is 18.2 Å². The summed E-state index contributed by atoms with van der Waals surface area (Å²) < 4.78 is 11.3. The van der Waals surface area contributed by atoms with Gasteiger partial charge in [-0.15, -0.1) is 0 Å². The summed E-state index contributed by atoms with van der Waals surface area (Å²) in [6.07, 6.45) is 0.831. The van der Waals surface area contributed by atoms with E-state index in [0.29, 0.717) is 5.56 Å². The molecule has 0 amide bonds. The third-order valence-electron chi connectivity index (χ3n) is 1.48. The van der Waals surface area contributed by atoms with Crippen LogP contribution in [0.25, 0.3) is 0 Å². The summed E-state index contributed by atoms with van der Waals surface area (Å²) in [4.78, 5) is 10.7. The van der Waals surface area contributed by atoms with Crippen LogP contribution >= 0.6 is 20.6 Å². The van der Waals surface area contributed by atoms with Crippen LogP contribution in [0.1, 0.15) is 10.4 Å². The Kier molecular flexibility index (Phi) is 4.34. The van der Waals surface area contributed by atoms with Gasteiger partial charge in [-0.05, 0) is 0 Å². The van der Waals surface area contributed by atoms with Gasteiger partial charge in [-0.1, -0.05) is 0 Å². The SMILES string of the molecule is COI(OC)c1ccccc1C=O. The number of hydrogen-bond acceptors (Lipinski definition) is 3. The zero-order chi connectivity index (χ0) is 9.68. The summed E-state index contributed by atoms with van der Waals surface area (Å²) >= 11 is -2.01. The fourth-order valence-corrected chi connectivity index (χ4v) is 3.57. The van der Waals surface area contributed by atoms with Gasteiger partial charge in [0.25, 0.3) is 0 Å². The van der Waals surface area contributed by atoms with E-state index in [-0.39, 0.29) is 0 Å². The number of aldehydes is 1. The molecule has 0 aliphatic carbocycles. The van der Waals surface area contributed by atoms with Gasteiger partial charge in [0.2, 0.25) is 0 Å². The molecule has 0 atom stereocenters. The van der Waals surface area contributed by atoms with Crippen molar-refractivity contribution in [2.75, 3.05) is 14.2 Å². The molecule has 0 N–H and O–H groups in total. The Morgan fingerprint density at radius 2 is 1.85 bits per heavy atom. The zero-order valence-corrected chi connectivity index (χ0v) is 9.65. The molecule has 0 aliphatic rings. The molecule has 0 bridgehead atoms. The minimum atomic E-state index is -2.01. The molecule has 0 aromatic heterocycles. The predicted molar refractivity (Wildman–Crippen MR) is 58.6 cm³/mol. The monoisotopic (exact) mass is 294 g/mol. The molecule has 72 valence electrons. The van der Waals surface area contributed by atoms with Crippen molar-refractivity contribution in [3.05, 3.63) is 33.4 Å². The number of benzene rings is 1. The van der Waals surface area contributed by atoms with E-state index in [2.05, 4.69) is 0 Å². The van der Waals surface area contributed by atoms with Crippen molar-refractivity contribution in [3.63, 3.8) is 0 Å². The van der Waals surface area contributed by atoms with Gasteiger partial charge in [0.15, 0.2) is 0 Å². The molecule has 1 aromatic carbocycles. The first kappa shape index (κ1) is 10.6. The van der Waals surface area contributed by atoms with Crippen LogP contribution < -0.4 is 0 Å². The van der Waals surface area contributed by atoms with Crippen LogP contribution in [0.5, 0.6) is 0 Å². The first-order valence-electron chi connectivity index (χ1n) is 3.67. The van der Waals surface area contributed by atoms with Crippen LogP contribution in [0.3, 0.4) is 0 Å². The fourth-order valence-electron chi connectivity index (χ4n) is 0.940. The molecule has 3 nitrogen and oxygen atoms in total. The van der Waals surface area contributed by atoms with Gasteiger partial charge in [-0.2, -0.15) is 0 Å². The topological polar surface area (TPSA) is 35.5 Å². The summed E-state index contributed by atoms with van der Waals surface area (Å²) in [6, 6.07) is 7.35. The Balaban J connectivity index is 3.03. The Bertz CT molecular complexity index is 284. The van der Waals surface area contributed by atoms with E-state index in [1.54, 1.807) is 20.3 Å². The maximum absolute atomic E-state index is 10.7. The van der Waals surface area contributed by atoms with Gasteiger partial charge >= 0.3 is 85.5 Å². The quantitative estimate of drug-likeness (QED) is 0.631. The number of halogens is 1. The Morgan fingerprint density at radius 1 is 1.23 bits per heavy atom. The number of carbonyl (C=O) groups excluding carboxylic acids is 1. The first-order valence-corrected chi connectivity index (χ1v) is 6.51. The molecule has 4 heteroatoms. The molecule has 0 spiro atoms. The van der Waals surface area contributed by atoms with Crippen molar-refractivity contribution in [3.8, 4) is 0 Å². The van der Waals surface area contributed by atoms with E-state index in [9.17, 15) is 4.79 Å². The Labute approximate surface area is 85.5 Å². The Morgan fingerprint density at radius 3 is 2.38 bits per heavy atom. The molecule has 0 aliphatic heterocycles. The molecule has 0 unspecified atom stereocenters. The van der Waals surface area contributed by atoms with Gasteiger partial charge < -0.3 is 0 Å². The second-order valence-electron chi connectivity index (χ2n) is 2.17. The predicted octanol–water partition coefficient (Wildman–Crippen LogP) is 2.30. The first-order chi connectivity index (χ1) is 6.33. The van der Waals surface area contributed by atoms with E-state index < -0.39 is 20.6 Å². The van der Waals surface area contributed by atoms with E-state index in [4.69, 9.17) is 6.13 Å². The van der Waals surface area contributed by atoms with E-state index in [1.165, 1.54) is 0 Å². The van der Waals surface area contributed by atoms with Crippen LogP contribution in [0.4, 0.5) is 0 Å². The molecule has 13 heavy (non-hydrogen) atoms. The second kappa shape index (κ2) is 5.31. The molecular weight excluding hydrogens is 283 g/mol. The normalized spacial score (nSPS) is 11.1.